The number of hydrogen-bond acceptors (Lipinski definition) is 1. The zero-order valence-electron chi connectivity index (χ0n) is 14.2. The van der Waals surface area contributed by atoms with Crippen LogP contribution < -0.4 is 4.57 Å². The van der Waals surface area contributed by atoms with Crippen molar-refractivity contribution in [1.82, 2.24) is 9.78 Å². The Balaban J connectivity index is 2.20. The van der Waals surface area contributed by atoms with E-state index >= 15 is 0 Å². The normalized spacial score (nSPS) is 12.4. The molecule has 3 aromatic rings. The van der Waals surface area contributed by atoms with Crippen molar-refractivity contribution in [3.05, 3.63) is 66.5 Å². The maximum absolute atomic E-state index is 13.1. The number of benzene rings is 2. The molecule has 0 atom stereocenters. The number of aromatic nitrogens is 3. The van der Waals surface area contributed by atoms with Crippen LogP contribution in [0, 0.1) is 0 Å². The summed E-state index contributed by atoms with van der Waals surface area (Å²) in [7, 11) is 0. The second-order valence-electron chi connectivity index (χ2n) is 6.84. The number of nitrogens with zero attached hydrogens (tertiary/aromatic N) is 3. The fourth-order valence-electron chi connectivity index (χ4n) is 2.47. The van der Waals surface area contributed by atoms with Crippen LogP contribution in [0.2, 0.25) is 0 Å². The first-order valence-corrected chi connectivity index (χ1v) is 7.91. The van der Waals surface area contributed by atoms with Crippen LogP contribution in [-0.2, 0) is 11.7 Å². The maximum Gasteiger partial charge on any atom is 0.416 e. The molecule has 2 aromatic carbocycles. The molecule has 1 aromatic heterocycles. The van der Waals surface area contributed by atoms with Gasteiger partial charge in [-0.3, -0.25) is 0 Å². The van der Waals surface area contributed by atoms with Crippen LogP contribution in [0.25, 0.3) is 17.1 Å². The van der Waals surface area contributed by atoms with Gasteiger partial charge in [0, 0.05) is 5.10 Å². The Morgan fingerprint density at radius 2 is 1.60 bits per heavy atom. The molecule has 0 unspecified atom stereocenters. The highest BCUT2D eigenvalue weighted by Crippen LogP contribution is 2.30. The predicted octanol–water partition coefficient (Wildman–Crippen LogP) is 4.60. The monoisotopic (exact) mass is 346 g/mol. The van der Waals surface area contributed by atoms with Crippen LogP contribution in [0.1, 0.15) is 26.3 Å². The molecule has 3 rings (SSSR count). The Labute approximate surface area is 144 Å². The summed E-state index contributed by atoms with van der Waals surface area (Å²) in [5.41, 5.74) is 0.281. The average molecular weight is 346 g/mol. The highest BCUT2D eigenvalue weighted by molar-refractivity contribution is 5.52. The molecule has 0 bridgehead atoms. The van der Waals surface area contributed by atoms with Crippen molar-refractivity contribution >= 4 is 0 Å². The summed E-state index contributed by atoms with van der Waals surface area (Å²) in [6, 6.07) is 14.7. The molecule has 130 valence electrons. The van der Waals surface area contributed by atoms with Gasteiger partial charge in [-0.05, 0) is 51.1 Å². The van der Waals surface area contributed by atoms with Crippen LogP contribution in [-0.4, -0.2) is 9.78 Å². The van der Waals surface area contributed by atoms with Crippen LogP contribution in [0.5, 0.6) is 0 Å². The third-order valence-electron chi connectivity index (χ3n) is 3.83. The number of hydrogen-bond donors (Lipinski definition) is 0. The summed E-state index contributed by atoms with van der Waals surface area (Å²) >= 11 is 0. The van der Waals surface area contributed by atoms with Gasteiger partial charge in [-0.15, -0.1) is 4.68 Å². The van der Waals surface area contributed by atoms with Crippen molar-refractivity contribution < 1.29 is 17.7 Å². The van der Waals surface area contributed by atoms with Crippen LogP contribution in [0.3, 0.4) is 0 Å². The molecular weight excluding hydrogens is 327 g/mol. The lowest BCUT2D eigenvalue weighted by molar-refractivity contribution is -0.585. The molecule has 3 nitrogen and oxygen atoms in total. The molecule has 0 fully saturated rings. The van der Waals surface area contributed by atoms with Gasteiger partial charge in [0.2, 0.25) is 6.33 Å². The van der Waals surface area contributed by atoms with Gasteiger partial charge in [0.15, 0.2) is 0 Å². The second-order valence-corrected chi connectivity index (χ2v) is 6.84. The van der Waals surface area contributed by atoms with E-state index in [4.69, 9.17) is 0 Å². The van der Waals surface area contributed by atoms with Gasteiger partial charge < -0.3 is 0 Å². The maximum atomic E-state index is 13.1. The molecular formula is C19H19F3N3+. The minimum Gasteiger partial charge on any atom is -0.196 e. The molecule has 0 aliphatic carbocycles. The molecule has 6 heteroatoms. The molecule has 25 heavy (non-hydrogen) atoms. The first-order chi connectivity index (χ1) is 11.7. The minimum atomic E-state index is -4.39. The molecule has 0 radical (unpaired) electrons. The summed E-state index contributed by atoms with van der Waals surface area (Å²) in [6.45, 7) is 5.97. The molecule has 0 aliphatic rings. The third-order valence-corrected chi connectivity index (χ3v) is 3.83. The van der Waals surface area contributed by atoms with Crippen molar-refractivity contribution in [1.29, 1.82) is 0 Å². The van der Waals surface area contributed by atoms with E-state index in [0.717, 1.165) is 17.7 Å². The van der Waals surface area contributed by atoms with Crippen molar-refractivity contribution in [2.75, 3.05) is 0 Å². The number of alkyl halides is 3. The largest absolute Gasteiger partial charge is 0.416 e. The zero-order chi connectivity index (χ0) is 18.2. The Bertz CT molecular complexity index is 875. The highest BCUT2D eigenvalue weighted by Gasteiger charge is 2.32. The smallest absolute Gasteiger partial charge is 0.196 e. The van der Waals surface area contributed by atoms with Crippen LogP contribution in [0.4, 0.5) is 13.2 Å². The molecule has 0 aliphatic heterocycles. The Kier molecular flexibility index (Phi) is 4.14. The van der Waals surface area contributed by atoms with Crippen molar-refractivity contribution in [2.45, 2.75) is 32.5 Å². The molecule has 0 amide bonds. The van der Waals surface area contributed by atoms with Gasteiger partial charge in [-0.2, -0.15) is 17.7 Å². The van der Waals surface area contributed by atoms with Gasteiger partial charge in [-0.1, -0.05) is 24.3 Å². The molecule has 0 spiro atoms. The quantitative estimate of drug-likeness (QED) is 0.622. The molecule has 0 saturated carbocycles. The van der Waals surface area contributed by atoms with E-state index in [2.05, 4.69) is 5.10 Å². The summed E-state index contributed by atoms with van der Waals surface area (Å²) < 4.78 is 42.7. The minimum absolute atomic E-state index is 0.295. The van der Waals surface area contributed by atoms with Crippen molar-refractivity contribution in [3.8, 4) is 17.1 Å². The second kappa shape index (κ2) is 6.02. The van der Waals surface area contributed by atoms with E-state index in [-0.39, 0.29) is 5.54 Å². The van der Waals surface area contributed by atoms with Crippen molar-refractivity contribution in [2.24, 2.45) is 0 Å². The summed E-state index contributed by atoms with van der Waals surface area (Å²) in [5.74, 6) is 0.592. The average Bonchev–Trinajstić information content (AvgIpc) is 3.00. The predicted molar refractivity (Wildman–Crippen MR) is 89.2 cm³/mol. The first-order valence-electron chi connectivity index (χ1n) is 7.91. The summed E-state index contributed by atoms with van der Waals surface area (Å²) in [5, 5.41) is 4.62. The third kappa shape index (κ3) is 3.57. The van der Waals surface area contributed by atoms with Crippen LogP contribution in [0.15, 0.2) is 60.9 Å². The SMILES string of the molecule is CC(C)(C)n1c[n+](-c2cccc(C(F)(F)F)c2)c(-c2ccccc2)n1. The van der Waals surface area contributed by atoms with E-state index in [1.807, 2.05) is 51.1 Å². The van der Waals surface area contributed by atoms with E-state index in [1.54, 1.807) is 21.6 Å². The van der Waals surface area contributed by atoms with E-state index in [1.165, 1.54) is 6.07 Å². The standard InChI is InChI=1S/C19H19F3N3/c1-18(2,3)25-13-24(17(23-25)14-8-5-4-6-9-14)16-11-7-10-15(12-16)19(20,21)22/h4-13H,1-3H3/q+1. The first kappa shape index (κ1) is 17.2. The lowest BCUT2D eigenvalue weighted by Gasteiger charge is -2.10. The Morgan fingerprint density at radius 1 is 0.920 bits per heavy atom. The van der Waals surface area contributed by atoms with E-state index < -0.39 is 11.7 Å². The van der Waals surface area contributed by atoms with Crippen molar-refractivity contribution in [3.63, 3.8) is 0 Å². The fraction of sp³-hybridized carbons (Fsp3) is 0.263. The number of halogens is 3. The van der Waals surface area contributed by atoms with E-state index in [0.29, 0.717) is 11.5 Å². The zero-order valence-corrected chi connectivity index (χ0v) is 14.2. The highest BCUT2D eigenvalue weighted by atomic mass is 19.4. The van der Waals surface area contributed by atoms with E-state index in [9.17, 15) is 13.2 Å². The molecule has 0 saturated heterocycles. The summed E-state index contributed by atoms with van der Waals surface area (Å²) in [6.07, 6.45) is -2.65. The fourth-order valence-corrected chi connectivity index (χ4v) is 2.47. The van der Waals surface area contributed by atoms with Gasteiger partial charge in [-0.25, -0.2) is 0 Å². The molecule has 0 N–H and O–H groups in total. The Hall–Kier alpha value is -2.63. The topological polar surface area (TPSA) is 21.7 Å². The van der Waals surface area contributed by atoms with Gasteiger partial charge >= 0.3 is 12.0 Å². The van der Waals surface area contributed by atoms with Gasteiger partial charge in [0.05, 0.1) is 11.1 Å². The van der Waals surface area contributed by atoms with Crippen LogP contribution >= 0.6 is 0 Å². The molecule has 1 heterocycles. The Morgan fingerprint density at radius 3 is 2.20 bits per heavy atom. The van der Waals surface area contributed by atoms with Gasteiger partial charge in [0.25, 0.3) is 0 Å². The summed E-state index contributed by atoms with van der Waals surface area (Å²) in [4.78, 5) is 0. The van der Waals surface area contributed by atoms with Gasteiger partial charge in [0.1, 0.15) is 11.2 Å². The number of rotatable bonds is 2. The lowest BCUT2D eigenvalue weighted by Crippen LogP contribution is -2.32. The lowest BCUT2D eigenvalue weighted by atomic mass is 10.1.